The Balaban J connectivity index is 5.16. The zero-order valence-corrected chi connectivity index (χ0v) is 10.5. The van der Waals surface area contributed by atoms with Crippen LogP contribution in [0.4, 0.5) is 0 Å². The quantitative estimate of drug-likeness (QED) is 0.243. The molecule has 0 atom stereocenters. The van der Waals surface area contributed by atoms with E-state index in [0.717, 1.165) is 6.21 Å². The molecule has 0 unspecified atom stereocenters. The maximum absolute atomic E-state index is 11.5. The lowest BCUT2D eigenvalue weighted by Crippen LogP contribution is -2.17. The summed E-state index contributed by atoms with van der Waals surface area (Å²) in [6.07, 6.45) is 2.56. The number of hydrogen-bond acceptors (Lipinski definition) is 6. The molecule has 0 saturated heterocycles. The number of carbonyl (C=O) groups excluding carboxylic acids is 2. The van der Waals surface area contributed by atoms with Gasteiger partial charge in [0.1, 0.15) is 5.57 Å². The molecule has 0 heterocycles. The molecule has 0 aliphatic heterocycles. The number of aliphatic hydroxyl groups excluding tert-OH is 1. The molecule has 0 rings (SSSR count). The van der Waals surface area contributed by atoms with Crippen molar-refractivity contribution in [1.29, 1.82) is 0 Å². The number of esters is 2. The number of ether oxygens (including phenoxy) is 2. The lowest BCUT2D eigenvalue weighted by Gasteiger charge is -2.05. The second-order valence-electron chi connectivity index (χ2n) is 2.99. The molecular weight excluding hydrogens is 238 g/mol. The van der Waals surface area contributed by atoms with E-state index in [1.54, 1.807) is 13.8 Å². The molecule has 0 aromatic carbocycles. The van der Waals surface area contributed by atoms with Crippen molar-refractivity contribution in [3.8, 4) is 0 Å². The van der Waals surface area contributed by atoms with Gasteiger partial charge < -0.3 is 14.6 Å². The van der Waals surface area contributed by atoms with Gasteiger partial charge in [0.15, 0.2) is 0 Å². The van der Waals surface area contributed by atoms with E-state index in [1.807, 2.05) is 0 Å². The number of aliphatic imine (C=N–C) groups is 1. The van der Waals surface area contributed by atoms with E-state index in [4.69, 9.17) is 4.74 Å². The minimum Gasteiger partial charge on any atom is -0.501 e. The normalized spacial score (nSPS) is 11.9. The summed E-state index contributed by atoms with van der Waals surface area (Å²) in [5.74, 6) is -2.65. The van der Waals surface area contributed by atoms with Gasteiger partial charge in [0.05, 0.1) is 19.8 Å². The van der Waals surface area contributed by atoms with Gasteiger partial charge in [0, 0.05) is 6.21 Å². The van der Waals surface area contributed by atoms with Crippen molar-refractivity contribution in [2.75, 3.05) is 19.8 Å². The van der Waals surface area contributed by atoms with Crippen LogP contribution in [0, 0.1) is 0 Å². The first kappa shape index (κ1) is 15.9. The molecule has 0 aromatic heterocycles. The average Bonchev–Trinajstić information content (AvgIpc) is 2.34. The fourth-order valence-corrected chi connectivity index (χ4v) is 0.947. The van der Waals surface area contributed by atoms with Gasteiger partial charge in [-0.25, -0.2) is 9.59 Å². The Hall–Kier alpha value is -2.11. The highest BCUT2D eigenvalue weighted by Crippen LogP contribution is 2.05. The Bertz CT molecular complexity index is 371. The third-order valence-corrected chi connectivity index (χ3v) is 1.67. The van der Waals surface area contributed by atoms with Crippen molar-refractivity contribution in [3.63, 3.8) is 0 Å². The summed E-state index contributed by atoms with van der Waals surface area (Å²) < 4.78 is 9.29. The van der Waals surface area contributed by atoms with Gasteiger partial charge in [-0.3, -0.25) is 4.99 Å². The maximum Gasteiger partial charge on any atom is 0.374 e. The number of aliphatic hydroxyl groups is 1. The highest BCUT2D eigenvalue weighted by atomic mass is 16.5. The maximum atomic E-state index is 11.5. The molecule has 0 aliphatic rings. The predicted molar refractivity (Wildman–Crippen MR) is 66.5 cm³/mol. The summed E-state index contributed by atoms with van der Waals surface area (Å²) >= 11 is 0. The molecule has 0 fully saturated rings. The van der Waals surface area contributed by atoms with Crippen LogP contribution in [0.1, 0.15) is 13.8 Å². The second-order valence-corrected chi connectivity index (χ2v) is 2.99. The van der Waals surface area contributed by atoms with E-state index in [9.17, 15) is 14.7 Å². The van der Waals surface area contributed by atoms with Crippen molar-refractivity contribution < 1.29 is 24.2 Å². The molecule has 0 aliphatic carbocycles. The van der Waals surface area contributed by atoms with Crippen LogP contribution in [-0.4, -0.2) is 43.0 Å². The van der Waals surface area contributed by atoms with Crippen molar-refractivity contribution >= 4 is 18.2 Å². The molecule has 0 aromatic rings. The molecule has 18 heavy (non-hydrogen) atoms. The molecule has 6 heteroatoms. The fraction of sp³-hybridized carbons (Fsp3) is 0.417. The van der Waals surface area contributed by atoms with E-state index in [-0.39, 0.29) is 25.3 Å². The van der Waals surface area contributed by atoms with Crippen LogP contribution in [0.15, 0.2) is 29.0 Å². The third-order valence-electron chi connectivity index (χ3n) is 1.67. The second kappa shape index (κ2) is 8.98. The van der Waals surface area contributed by atoms with Crippen LogP contribution in [0.2, 0.25) is 0 Å². The van der Waals surface area contributed by atoms with E-state index in [0.29, 0.717) is 0 Å². The molecule has 1 N–H and O–H groups in total. The number of rotatable bonds is 7. The Labute approximate surface area is 106 Å². The van der Waals surface area contributed by atoms with Gasteiger partial charge >= 0.3 is 11.9 Å². The Morgan fingerprint density at radius 3 is 2.28 bits per heavy atom. The van der Waals surface area contributed by atoms with Crippen molar-refractivity contribution in [1.82, 2.24) is 0 Å². The molecule has 0 amide bonds. The Kier molecular flexibility index (Phi) is 7.92. The highest BCUT2D eigenvalue weighted by Gasteiger charge is 2.21. The van der Waals surface area contributed by atoms with Gasteiger partial charge in [-0.2, -0.15) is 0 Å². The van der Waals surface area contributed by atoms with Gasteiger partial charge in [0.25, 0.3) is 0 Å². The molecular formula is C12H17NO5. The van der Waals surface area contributed by atoms with Crippen LogP contribution in [0.3, 0.4) is 0 Å². The average molecular weight is 255 g/mol. The molecule has 0 bridgehead atoms. The number of carbonyl (C=O) groups is 2. The molecule has 0 saturated carbocycles. The first-order valence-corrected chi connectivity index (χ1v) is 5.46. The number of hydrogen-bond donors (Lipinski definition) is 1. The first-order valence-electron chi connectivity index (χ1n) is 5.46. The standard InChI is InChI=1S/C12H17NO5/c1-4-7-13-8-9(11(15)17-5-2)10(14)12(16)18-6-3/h4,8,14H,1,5-7H2,2-3H3/b10-9-,13-8?. The summed E-state index contributed by atoms with van der Waals surface area (Å²) in [6, 6.07) is 0. The molecule has 6 nitrogen and oxygen atoms in total. The summed E-state index contributed by atoms with van der Waals surface area (Å²) in [5.41, 5.74) is -0.336. The zero-order chi connectivity index (χ0) is 14.0. The van der Waals surface area contributed by atoms with Crippen molar-refractivity contribution in [2.24, 2.45) is 4.99 Å². The predicted octanol–water partition coefficient (Wildman–Crippen LogP) is 1.18. The molecule has 100 valence electrons. The number of nitrogens with zero attached hydrogens (tertiary/aromatic N) is 1. The zero-order valence-electron chi connectivity index (χ0n) is 10.5. The van der Waals surface area contributed by atoms with Gasteiger partial charge in [-0.15, -0.1) is 6.58 Å². The fourth-order valence-electron chi connectivity index (χ4n) is 0.947. The minimum atomic E-state index is -0.995. The molecule has 0 spiro atoms. The molecule has 0 radical (unpaired) electrons. The summed E-state index contributed by atoms with van der Waals surface area (Å²) in [4.78, 5) is 26.6. The first-order chi connectivity index (χ1) is 8.58. The minimum absolute atomic E-state index is 0.0861. The van der Waals surface area contributed by atoms with E-state index >= 15 is 0 Å². The monoisotopic (exact) mass is 255 g/mol. The summed E-state index contributed by atoms with van der Waals surface area (Å²) in [5, 5.41) is 9.59. The van der Waals surface area contributed by atoms with Crippen molar-refractivity contribution in [2.45, 2.75) is 13.8 Å². The summed E-state index contributed by atoms with van der Waals surface area (Å²) in [7, 11) is 0. The lowest BCUT2D eigenvalue weighted by atomic mass is 10.2. The van der Waals surface area contributed by atoms with E-state index in [1.165, 1.54) is 6.08 Å². The van der Waals surface area contributed by atoms with Crippen LogP contribution in [-0.2, 0) is 19.1 Å². The van der Waals surface area contributed by atoms with Gasteiger partial charge in [-0.1, -0.05) is 6.08 Å². The smallest absolute Gasteiger partial charge is 0.374 e. The SMILES string of the molecule is C=CCN=C/C(C(=O)OCC)=C(/O)C(=O)OCC. The summed E-state index contributed by atoms with van der Waals surface area (Å²) in [6.45, 7) is 7.10. The Morgan fingerprint density at radius 2 is 1.78 bits per heavy atom. The Morgan fingerprint density at radius 1 is 1.22 bits per heavy atom. The van der Waals surface area contributed by atoms with Gasteiger partial charge in [-0.05, 0) is 13.8 Å². The van der Waals surface area contributed by atoms with E-state index < -0.39 is 17.7 Å². The van der Waals surface area contributed by atoms with Gasteiger partial charge in [0.2, 0.25) is 5.76 Å². The highest BCUT2D eigenvalue weighted by molar-refractivity contribution is 6.14. The van der Waals surface area contributed by atoms with Crippen LogP contribution in [0.5, 0.6) is 0 Å². The van der Waals surface area contributed by atoms with Crippen LogP contribution < -0.4 is 0 Å². The van der Waals surface area contributed by atoms with Crippen LogP contribution >= 0.6 is 0 Å². The van der Waals surface area contributed by atoms with Crippen molar-refractivity contribution in [3.05, 3.63) is 24.0 Å². The topological polar surface area (TPSA) is 85.2 Å². The lowest BCUT2D eigenvalue weighted by molar-refractivity contribution is -0.143. The largest absolute Gasteiger partial charge is 0.501 e. The third kappa shape index (κ3) is 5.29. The van der Waals surface area contributed by atoms with E-state index in [2.05, 4.69) is 16.3 Å². The van der Waals surface area contributed by atoms with Crippen LogP contribution in [0.25, 0.3) is 0 Å².